The van der Waals surface area contributed by atoms with Crippen molar-refractivity contribution in [2.75, 3.05) is 0 Å². The van der Waals surface area contributed by atoms with Crippen molar-refractivity contribution in [2.45, 2.75) is 40.0 Å². The third kappa shape index (κ3) is 3.35. The number of aromatic nitrogens is 2. The molecule has 2 rings (SSSR count). The molecule has 0 aliphatic rings. The van der Waals surface area contributed by atoms with E-state index in [4.69, 9.17) is 10.5 Å². The van der Waals surface area contributed by atoms with Gasteiger partial charge >= 0.3 is 0 Å². The van der Waals surface area contributed by atoms with E-state index >= 15 is 0 Å². The lowest BCUT2D eigenvalue weighted by molar-refractivity contribution is 0.301. The molecule has 0 radical (unpaired) electrons. The summed E-state index contributed by atoms with van der Waals surface area (Å²) in [5.41, 5.74) is 9.24. The highest BCUT2D eigenvalue weighted by atomic mass is 16.5. The SMILES string of the molecule is CCn1cc(COc2cc(C)ccc2[C@@H](C)N)cn1. The number of nitrogens with two attached hydrogens (primary N) is 1. The van der Waals surface area contributed by atoms with E-state index in [1.807, 2.05) is 43.1 Å². The fourth-order valence-corrected chi connectivity index (χ4v) is 1.96. The molecule has 0 saturated carbocycles. The molecule has 0 aliphatic heterocycles. The lowest BCUT2D eigenvalue weighted by Gasteiger charge is -2.14. The largest absolute Gasteiger partial charge is 0.488 e. The van der Waals surface area contributed by atoms with Gasteiger partial charge in [0, 0.05) is 29.9 Å². The molecular formula is C15H21N3O. The summed E-state index contributed by atoms with van der Waals surface area (Å²) in [7, 11) is 0. The summed E-state index contributed by atoms with van der Waals surface area (Å²) in [6.45, 7) is 7.46. The topological polar surface area (TPSA) is 53.1 Å². The van der Waals surface area contributed by atoms with Crippen LogP contribution in [0.15, 0.2) is 30.6 Å². The number of hydrogen-bond donors (Lipinski definition) is 1. The van der Waals surface area contributed by atoms with Crippen LogP contribution in [0.25, 0.3) is 0 Å². The Morgan fingerprint density at radius 3 is 2.84 bits per heavy atom. The maximum atomic E-state index is 5.96. The highest BCUT2D eigenvalue weighted by molar-refractivity contribution is 5.39. The van der Waals surface area contributed by atoms with Gasteiger partial charge in [-0.05, 0) is 32.4 Å². The molecule has 1 aromatic heterocycles. The molecule has 0 bridgehead atoms. The highest BCUT2D eigenvalue weighted by Gasteiger charge is 2.09. The predicted molar refractivity (Wildman–Crippen MR) is 76.0 cm³/mol. The van der Waals surface area contributed by atoms with E-state index in [1.165, 1.54) is 5.56 Å². The van der Waals surface area contributed by atoms with Gasteiger partial charge in [0.1, 0.15) is 12.4 Å². The summed E-state index contributed by atoms with van der Waals surface area (Å²) in [4.78, 5) is 0. The second-order valence-electron chi connectivity index (χ2n) is 4.82. The zero-order valence-corrected chi connectivity index (χ0v) is 11.8. The van der Waals surface area contributed by atoms with Crippen LogP contribution in [0.5, 0.6) is 5.75 Å². The maximum Gasteiger partial charge on any atom is 0.124 e. The number of rotatable bonds is 5. The van der Waals surface area contributed by atoms with Gasteiger partial charge in [-0.1, -0.05) is 12.1 Å². The van der Waals surface area contributed by atoms with Crippen LogP contribution in [0.4, 0.5) is 0 Å². The third-order valence-corrected chi connectivity index (χ3v) is 3.06. The maximum absolute atomic E-state index is 5.96. The van der Waals surface area contributed by atoms with Crippen LogP contribution in [-0.4, -0.2) is 9.78 Å². The molecule has 102 valence electrons. The van der Waals surface area contributed by atoms with Crippen molar-refractivity contribution in [3.8, 4) is 5.75 Å². The van der Waals surface area contributed by atoms with E-state index in [0.29, 0.717) is 6.61 Å². The minimum atomic E-state index is -0.0334. The molecule has 0 amide bonds. The monoisotopic (exact) mass is 259 g/mol. The molecule has 0 saturated heterocycles. The number of benzene rings is 1. The van der Waals surface area contributed by atoms with Crippen molar-refractivity contribution in [1.82, 2.24) is 9.78 Å². The van der Waals surface area contributed by atoms with E-state index in [0.717, 1.165) is 23.4 Å². The van der Waals surface area contributed by atoms with Crippen molar-refractivity contribution < 1.29 is 4.74 Å². The predicted octanol–water partition coefficient (Wildman–Crippen LogP) is 2.81. The fourth-order valence-electron chi connectivity index (χ4n) is 1.96. The van der Waals surface area contributed by atoms with Gasteiger partial charge in [0.2, 0.25) is 0 Å². The first-order valence-corrected chi connectivity index (χ1v) is 6.60. The smallest absolute Gasteiger partial charge is 0.124 e. The van der Waals surface area contributed by atoms with Crippen LogP contribution in [0.3, 0.4) is 0 Å². The fraction of sp³-hybridized carbons (Fsp3) is 0.400. The Morgan fingerprint density at radius 1 is 1.42 bits per heavy atom. The Hall–Kier alpha value is -1.81. The van der Waals surface area contributed by atoms with Gasteiger partial charge < -0.3 is 10.5 Å². The molecule has 0 fully saturated rings. The summed E-state index contributed by atoms with van der Waals surface area (Å²) in [5.74, 6) is 0.860. The molecule has 0 aliphatic carbocycles. The van der Waals surface area contributed by atoms with Crippen LogP contribution in [0, 0.1) is 6.92 Å². The van der Waals surface area contributed by atoms with Crippen molar-refractivity contribution in [1.29, 1.82) is 0 Å². The standard InChI is InChI=1S/C15H21N3O/c1-4-18-9-13(8-17-18)10-19-15-7-11(2)5-6-14(15)12(3)16/h5-9,12H,4,10,16H2,1-3H3/t12-/m1/s1. The molecule has 1 atom stereocenters. The average molecular weight is 259 g/mol. The molecule has 2 N–H and O–H groups in total. The minimum Gasteiger partial charge on any atom is -0.488 e. The Kier molecular flexibility index (Phi) is 4.22. The lowest BCUT2D eigenvalue weighted by Crippen LogP contribution is -2.08. The first-order chi connectivity index (χ1) is 9.10. The number of aryl methyl sites for hydroxylation is 2. The van der Waals surface area contributed by atoms with Gasteiger partial charge in [-0.3, -0.25) is 4.68 Å². The van der Waals surface area contributed by atoms with Crippen molar-refractivity contribution in [3.63, 3.8) is 0 Å². The molecule has 2 aromatic rings. The Balaban J connectivity index is 2.12. The molecule has 19 heavy (non-hydrogen) atoms. The molecule has 1 heterocycles. The van der Waals surface area contributed by atoms with Gasteiger partial charge in [0.05, 0.1) is 6.20 Å². The molecule has 0 spiro atoms. The van der Waals surface area contributed by atoms with E-state index in [9.17, 15) is 0 Å². The Bertz CT molecular complexity index is 546. The van der Waals surface area contributed by atoms with Gasteiger partial charge in [0.25, 0.3) is 0 Å². The number of hydrogen-bond acceptors (Lipinski definition) is 3. The van der Waals surface area contributed by atoms with E-state index in [-0.39, 0.29) is 6.04 Å². The summed E-state index contributed by atoms with van der Waals surface area (Å²) in [6, 6.07) is 6.09. The second kappa shape index (κ2) is 5.89. The van der Waals surface area contributed by atoms with Gasteiger partial charge in [-0.25, -0.2) is 0 Å². The molecule has 4 heteroatoms. The van der Waals surface area contributed by atoms with Gasteiger partial charge in [-0.15, -0.1) is 0 Å². The number of ether oxygens (including phenoxy) is 1. The van der Waals surface area contributed by atoms with E-state index in [1.54, 1.807) is 0 Å². The van der Waals surface area contributed by atoms with E-state index in [2.05, 4.69) is 18.1 Å². The van der Waals surface area contributed by atoms with Crippen molar-refractivity contribution in [2.24, 2.45) is 5.73 Å². The van der Waals surface area contributed by atoms with Crippen LogP contribution in [0.1, 0.15) is 36.6 Å². The first-order valence-electron chi connectivity index (χ1n) is 6.60. The Labute approximate surface area is 114 Å². The van der Waals surface area contributed by atoms with Gasteiger partial charge in [-0.2, -0.15) is 5.10 Å². The van der Waals surface area contributed by atoms with Crippen LogP contribution < -0.4 is 10.5 Å². The second-order valence-corrected chi connectivity index (χ2v) is 4.82. The molecule has 0 unspecified atom stereocenters. The van der Waals surface area contributed by atoms with Crippen molar-refractivity contribution >= 4 is 0 Å². The number of nitrogens with zero attached hydrogens (tertiary/aromatic N) is 2. The minimum absolute atomic E-state index is 0.0334. The molecule has 4 nitrogen and oxygen atoms in total. The van der Waals surface area contributed by atoms with Crippen LogP contribution >= 0.6 is 0 Å². The first kappa shape index (κ1) is 13.6. The van der Waals surface area contributed by atoms with Crippen molar-refractivity contribution in [3.05, 3.63) is 47.3 Å². The quantitative estimate of drug-likeness (QED) is 0.898. The summed E-state index contributed by atoms with van der Waals surface area (Å²) in [6.07, 6.45) is 3.84. The van der Waals surface area contributed by atoms with Crippen LogP contribution in [-0.2, 0) is 13.2 Å². The van der Waals surface area contributed by atoms with E-state index < -0.39 is 0 Å². The summed E-state index contributed by atoms with van der Waals surface area (Å²) < 4.78 is 7.78. The molecular weight excluding hydrogens is 238 g/mol. The Morgan fingerprint density at radius 2 is 2.21 bits per heavy atom. The zero-order valence-electron chi connectivity index (χ0n) is 11.8. The summed E-state index contributed by atoms with van der Waals surface area (Å²) >= 11 is 0. The molecule has 1 aromatic carbocycles. The third-order valence-electron chi connectivity index (χ3n) is 3.06. The van der Waals surface area contributed by atoms with Gasteiger partial charge in [0.15, 0.2) is 0 Å². The lowest BCUT2D eigenvalue weighted by atomic mass is 10.1. The summed E-state index contributed by atoms with van der Waals surface area (Å²) in [5, 5.41) is 4.23. The highest BCUT2D eigenvalue weighted by Crippen LogP contribution is 2.25. The average Bonchev–Trinajstić information content (AvgIpc) is 2.84. The zero-order chi connectivity index (χ0) is 13.8. The van der Waals surface area contributed by atoms with Crippen LogP contribution in [0.2, 0.25) is 0 Å². The normalized spacial score (nSPS) is 12.4.